The molecule has 10 nitrogen and oxygen atoms in total. The van der Waals surface area contributed by atoms with E-state index in [9.17, 15) is 18.0 Å². The van der Waals surface area contributed by atoms with Crippen molar-refractivity contribution in [3.05, 3.63) is 61.2 Å². The van der Waals surface area contributed by atoms with E-state index in [0.29, 0.717) is 49.1 Å². The molecule has 0 bridgehead atoms. The molecule has 3 aromatic rings. The van der Waals surface area contributed by atoms with Gasteiger partial charge in [-0.15, -0.1) is 0 Å². The zero-order chi connectivity index (χ0) is 30.0. The van der Waals surface area contributed by atoms with Gasteiger partial charge in [-0.1, -0.05) is 11.6 Å². The highest BCUT2D eigenvalue weighted by Gasteiger charge is 2.46. The van der Waals surface area contributed by atoms with Crippen LogP contribution in [0.1, 0.15) is 44.7 Å². The Morgan fingerprint density at radius 3 is 2.67 bits per heavy atom. The summed E-state index contributed by atoms with van der Waals surface area (Å²) in [6.45, 7) is 1.80. The van der Waals surface area contributed by atoms with E-state index in [-0.39, 0.29) is 46.2 Å². The van der Waals surface area contributed by atoms with E-state index in [0.717, 1.165) is 12.1 Å². The molecular weight excluding hydrogens is 652 g/mol. The average Bonchev–Trinajstić information content (AvgIpc) is 3.12. The molecule has 0 saturated carbocycles. The quantitative estimate of drug-likeness (QED) is 0.405. The third kappa shape index (κ3) is 4.89. The summed E-state index contributed by atoms with van der Waals surface area (Å²) in [5, 5.41) is 7.21. The van der Waals surface area contributed by atoms with Crippen molar-refractivity contribution in [2.24, 2.45) is 5.41 Å². The number of hydrogen-bond donors (Lipinski definition) is 1. The van der Waals surface area contributed by atoms with E-state index in [1.54, 1.807) is 4.68 Å². The second-order valence-electron chi connectivity index (χ2n) is 10.5. The van der Waals surface area contributed by atoms with Crippen molar-refractivity contribution in [3.8, 4) is 6.01 Å². The number of rotatable bonds is 4. The first-order chi connectivity index (χ1) is 19.9. The van der Waals surface area contributed by atoms with Gasteiger partial charge < -0.3 is 24.4 Å². The highest BCUT2D eigenvalue weighted by molar-refractivity contribution is 9.10. The molecule has 1 spiro atoms. The summed E-state index contributed by atoms with van der Waals surface area (Å²) in [4.78, 5) is 23.4. The lowest BCUT2D eigenvalue weighted by atomic mass is 9.85. The zero-order valence-corrected chi connectivity index (χ0v) is 24.7. The Kier molecular flexibility index (Phi) is 7.35. The van der Waals surface area contributed by atoms with Gasteiger partial charge in [-0.3, -0.25) is 9.48 Å². The number of amides is 1. The minimum Gasteiger partial charge on any atom is -0.467 e. The van der Waals surface area contributed by atoms with Crippen LogP contribution in [0.3, 0.4) is 0 Å². The summed E-state index contributed by atoms with van der Waals surface area (Å²) in [6.07, 6.45) is -6.21. The Morgan fingerprint density at radius 1 is 1.26 bits per heavy atom. The van der Waals surface area contributed by atoms with Gasteiger partial charge in [0.05, 0.1) is 78.0 Å². The predicted octanol–water partition coefficient (Wildman–Crippen LogP) is 4.47. The summed E-state index contributed by atoms with van der Waals surface area (Å²) in [7, 11) is 2.87. The largest absolute Gasteiger partial charge is 0.467 e. The number of alkyl halides is 3. The summed E-state index contributed by atoms with van der Waals surface area (Å²) in [5.41, 5.74) is -0.504. The molecule has 1 amide bonds. The van der Waals surface area contributed by atoms with Gasteiger partial charge in [0.2, 0.25) is 0 Å². The minimum atomic E-state index is -4.80. The van der Waals surface area contributed by atoms with Crippen LogP contribution in [0.5, 0.6) is 6.01 Å². The first kappa shape index (κ1) is 29.1. The van der Waals surface area contributed by atoms with Gasteiger partial charge in [0.1, 0.15) is 11.6 Å². The zero-order valence-electron chi connectivity index (χ0n) is 22.3. The van der Waals surface area contributed by atoms with Gasteiger partial charge in [-0.05, 0) is 28.1 Å². The highest BCUT2D eigenvalue weighted by Crippen LogP contribution is 2.44. The Morgan fingerprint density at radius 2 is 2.02 bits per heavy atom. The van der Waals surface area contributed by atoms with E-state index in [4.69, 9.17) is 25.8 Å². The maximum Gasteiger partial charge on any atom is 0.416 e. The van der Waals surface area contributed by atoms with Gasteiger partial charge in [0.25, 0.3) is 5.91 Å². The number of nitrogens with one attached hydrogen (secondary N) is 1. The molecule has 16 heteroatoms. The molecule has 3 aliphatic heterocycles. The van der Waals surface area contributed by atoms with E-state index >= 15 is 4.39 Å². The number of nitrogens with zero attached hydrogens (tertiary/aromatic N) is 5. The number of hydrogen-bond acceptors (Lipinski definition) is 8. The van der Waals surface area contributed by atoms with Crippen molar-refractivity contribution in [3.63, 3.8) is 0 Å². The Bertz CT molecular complexity index is 1580. The number of halogens is 6. The van der Waals surface area contributed by atoms with E-state index in [1.165, 1.54) is 14.2 Å². The van der Waals surface area contributed by atoms with Crippen molar-refractivity contribution in [2.45, 2.75) is 38.4 Å². The Hall–Kier alpha value is -3.01. The maximum absolute atomic E-state index is 15.2. The fourth-order valence-corrected chi connectivity index (χ4v) is 6.28. The monoisotopic (exact) mass is 674 g/mol. The normalized spacial score (nSPS) is 19.5. The number of benzene rings is 1. The predicted molar refractivity (Wildman–Crippen MR) is 144 cm³/mol. The SMILES string of the molecule is CNC(=O)c1nn2c(c1Cl)CN(c1nc(OC)nc3c1COC(c1c(C(F)(F)F)ccc(Br)c1F)C3)CC1(COC1)C2. The molecule has 1 aromatic carbocycles. The van der Waals surface area contributed by atoms with Crippen LogP contribution in [0.2, 0.25) is 5.02 Å². The van der Waals surface area contributed by atoms with E-state index < -0.39 is 35.1 Å². The van der Waals surface area contributed by atoms with Gasteiger partial charge in [0.15, 0.2) is 5.69 Å². The number of fused-ring (bicyclic) bond motifs is 2. The Labute approximate surface area is 250 Å². The molecule has 224 valence electrons. The first-order valence-electron chi connectivity index (χ1n) is 12.8. The van der Waals surface area contributed by atoms with E-state index in [2.05, 4.69) is 36.3 Å². The smallest absolute Gasteiger partial charge is 0.416 e. The molecule has 1 fully saturated rings. The van der Waals surface area contributed by atoms with Gasteiger partial charge >= 0.3 is 12.2 Å². The van der Waals surface area contributed by atoms with Crippen molar-refractivity contribution >= 4 is 39.3 Å². The minimum absolute atomic E-state index is 0.0102. The first-order valence-corrected chi connectivity index (χ1v) is 14.0. The second kappa shape index (κ2) is 10.6. The highest BCUT2D eigenvalue weighted by atomic mass is 79.9. The van der Waals surface area contributed by atoms with Gasteiger partial charge in [-0.2, -0.15) is 28.2 Å². The number of aromatic nitrogens is 4. The summed E-state index contributed by atoms with van der Waals surface area (Å²) < 4.78 is 75.2. The van der Waals surface area contributed by atoms with Gasteiger partial charge in [-0.25, -0.2) is 4.39 Å². The van der Waals surface area contributed by atoms with Gasteiger partial charge in [0, 0.05) is 31.1 Å². The lowest BCUT2D eigenvalue weighted by Gasteiger charge is -2.43. The van der Waals surface area contributed by atoms with E-state index in [1.807, 2.05) is 4.90 Å². The van der Waals surface area contributed by atoms with Crippen LogP contribution >= 0.6 is 27.5 Å². The number of ether oxygens (including phenoxy) is 3. The molecule has 0 aliphatic carbocycles. The third-order valence-corrected chi connectivity index (χ3v) is 8.71. The van der Waals surface area contributed by atoms with Crippen molar-refractivity contribution in [1.82, 2.24) is 25.1 Å². The van der Waals surface area contributed by atoms with Crippen LogP contribution < -0.4 is 15.0 Å². The molecule has 42 heavy (non-hydrogen) atoms. The molecule has 1 unspecified atom stereocenters. The summed E-state index contributed by atoms with van der Waals surface area (Å²) in [5.74, 6) is -1.04. The van der Waals surface area contributed by atoms with Crippen LogP contribution in [0.15, 0.2) is 16.6 Å². The molecule has 6 rings (SSSR count). The fourth-order valence-electron chi connectivity index (χ4n) is 5.65. The summed E-state index contributed by atoms with van der Waals surface area (Å²) in [6, 6.07) is 1.83. The van der Waals surface area contributed by atoms with Crippen molar-refractivity contribution in [1.29, 1.82) is 0 Å². The Balaban J connectivity index is 1.42. The second-order valence-corrected chi connectivity index (χ2v) is 11.7. The lowest BCUT2D eigenvalue weighted by molar-refractivity contribution is -0.140. The van der Waals surface area contributed by atoms with Crippen LogP contribution in [0, 0.1) is 11.2 Å². The molecule has 3 aliphatic rings. The van der Waals surface area contributed by atoms with Crippen LogP contribution in [-0.2, 0) is 41.8 Å². The van der Waals surface area contributed by atoms with Crippen LogP contribution in [0.25, 0.3) is 0 Å². The molecular formula is C26H24BrClF4N6O4. The molecule has 1 atom stereocenters. The van der Waals surface area contributed by atoms with Crippen LogP contribution in [0.4, 0.5) is 23.4 Å². The average molecular weight is 676 g/mol. The van der Waals surface area contributed by atoms with Crippen molar-refractivity contribution in [2.75, 3.05) is 38.8 Å². The number of carbonyl (C=O) groups excluding carboxylic acids is 1. The third-order valence-electron chi connectivity index (χ3n) is 7.70. The van der Waals surface area contributed by atoms with Crippen molar-refractivity contribution < 1.29 is 36.6 Å². The molecule has 1 N–H and O–H groups in total. The lowest BCUT2D eigenvalue weighted by Crippen LogP contribution is -2.52. The maximum atomic E-state index is 15.2. The number of anilines is 1. The summed E-state index contributed by atoms with van der Waals surface area (Å²) >= 11 is 9.64. The topological polar surface area (TPSA) is 104 Å². The fraction of sp³-hybridized carbons (Fsp3) is 0.462. The number of methoxy groups -OCH3 is 1. The molecule has 0 radical (unpaired) electrons. The molecule has 2 aromatic heterocycles. The van der Waals surface area contributed by atoms with Crippen LogP contribution in [-0.4, -0.2) is 59.6 Å². The number of carbonyl (C=O) groups is 1. The molecule has 5 heterocycles. The molecule has 1 saturated heterocycles. The standard InChI is InChI=1S/C26H24BrClF4N6O4/c1-33-23(39)21-19(28)16-6-37(8-25(10-41-11-25)9-38(16)36-21)22-12-7-42-17(5-15(12)34-24(35-22)40-2)18-13(26(30,31)32)3-4-14(27)20(18)29/h3-4,17H,5-11H2,1-2H3,(H,33,39).